The van der Waals surface area contributed by atoms with Crippen LogP contribution in [0.4, 0.5) is 5.69 Å². The molecular weight excluding hydrogens is 326 g/mol. The molecule has 21 heavy (non-hydrogen) atoms. The minimum absolute atomic E-state index is 0.249. The molecule has 3 nitrogen and oxygen atoms in total. The Morgan fingerprint density at radius 1 is 1.43 bits per heavy atom. The standard InChI is InChI=1S/C17H28BrN3/c1-4-15(19)10-13-7-8-14(18)11-17(13)21-9-5-6-16(12-21)20(2)3/h7-8,11,15-16H,4-6,9-10,12,19H2,1-3H3. The number of piperidine rings is 1. The highest BCUT2D eigenvalue weighted by atomic mass is 79.9. The first kappa shape index (κ1) is 16.8. The summed E-state index contributed by atoms with van der Waals surface area (Å²) in [7, 11) is 4.37. The first-order valence-corrected chi connectivity index (χ1v) is 8.76. The topological polar surface area (TPSA) is 32.5 Å². The van der Waals surface area contributed by atoms with Gasteiger partial charge in [0, 0.05) is 35.3 Å². The van der Waals surface area contributed by atoms with Crippen molar-refractivity contribution in [2.75, 3.05) is 32.1 Å². The molecule has 2 N–H and O–H groups in total. The van der Waals surface area contributed by atoms with Crippen molar-refractivity contribution in [2.24, 2.45) is 5.73 Å². The van der Waals surface area contributed by atoms with Crippen molar-refractivity contribution in [3.8, 4) is 0 Å². The van der Waals surface area contributed by atoms with Gasteiger partial charge in [0.05, 0.1) is 0 Å². The van der Waals surface area contributed by atoms with Gasteiger partial charge in [0.2, 0.25) is 0 Å². The van der Waals surface area contributed by atoms with Crippen LogP contribution >= 0.6 is 15.9 Å². The third kappa shape index (κ3) is 4.44. The van der Waals surface area contributed by atoms with Crippen molar-refractivity contribution in [1.82, 2.24) is 4.90 Å². The number of nitrogens with two attached hydrogens (primary N) is 1. The van der Waals surface area contributed by atoms with Crippen molar-refractivity contribution >= 4 is 21.6 Å². The minimum Gasteiger partial charge on any atom is -0.370 e. The molecule has 0 aromatic heterocycles. The van der Waals surface area contributed by atoms with Crippen LogP contribution in [-0.2, 0) is 6.42 Å². The van der Waals surface area contributed by atoms with E-state index in [2.05, 4.69) is 64.9 Å². The molecule has 1 heterocycles. The van der Waals surface area contributed by atoms with Crippen molar-refractivity contribution in [3.05, 3.63) is 28.2 Å². The Morgan fingerprint density at radius 3 is 2.86 bits per heavy atom. The van der Waals surface area contributed by atoms with Gasteiger partial charge in [-0.1, -0.05) is 28.9 Å². The number of likely N-dealkylation sites (N-methyl/N-ethyl adjacent to an activating group) is 1. The lowest BCUT2D eigenvalue weighted by Crippen LogP contribution is -2.45. The van der Waals surface area contributed by atoms with Crippen molar-refractivity contribution < 1.29 is 0 Å². The normalized spacial score (nSPS) is 20.9. The van der Waals surface area contributed by atoms with Gasteiger partial charge in [-0.05, 0) is 57.5 Å². The van der Waals surface area contributed by atoms with E-state index in [1.54, 1.807) is 0 Å². The van der Waals surface area contributed by atoms with Gasteiger partial charge in [0.1, 0.15) is 0 Å². The third-order valence-electron chi connectivity index (χ3n) is 4.52. The van der Waals surface area contributed by atoms with Crippen molar-refractivity contribution in [2.45, 2.75) is 44.7 Å². The quantitative estimate of drug-likeness (QED) is 0.881. The van der Waals surface area contributed by atoms with Gasteiger partial charge in [-0.2, -0.15) is 0 Å². The molecule has 118 valence electrons. The van der Waals surface area contributed by atoms with Crippen LogP contribution < -0.4 is 10.6 Å². The largest absolute Gasteiger partial charge is 0.370 e. The molecule has 0 aliphatic carbocycles. The summed E-state index contributed by atoms with van der Waals surface area (Å²) >= 11 is 3.62. The molecule has 0 spiro atoms. The highest BCUT2D eigenvalue weighted by Crippen LogP contribution is 2.29. The average Bonchev–Trinajstić information content (AvgIpc) is 2.49. The van der Waals surface area contributed by atoms with E-state index in [0.29, 0.717) is 6.04 Å². The lowest BCUT2D eigenvalue weighted by Gasteiger charge is -2.38. The zero-order valence-electron chi connectivity index (χ0n) is 13.5. The van der Waals surface area contributed by atoms with E-state index >= 15 is 0 Å². The van der Waals surface area contributed by atoms with Gasteiger partial charge in [0.15, 0.2) is 0 Å². The fourth-order valence-corrected chi connectivity index (χ4v) is 3.37. The summed E-state index contributed by atoms with van der Waals surface area (Å²) in [5.74, 6) is 0. The van der Waals surface area contributed by atoms with E-state index in [9.17, 15) is 0 Å². The van der Waals surface area contributed by atoms with E-state index in [1.807, 2.05) is 0 Å². The summed E-state index contributed by atoms with van der Waals surface area (Å²) in [4.78, 5) is 4.89. The van der Waals surface area contributed by atoms with Gasteiger partial charge in [-0.3, -0.25) is 0 Å². The first-order valence-electron chi connectivity index (χ1n) is 7.96. The SMILES string of the molecule is CCC(N)Cc1ccc(Br)cc1N1CCCC(N(C)C)C1. The van der Waals surface area contributed by atoms with Crippen LogP contribution in [0.5, 0.6) is 0 Å². The molecule has 0 amide bonds. The van der Waals surface area contributed by atoms with Crippen LogP contribution in [0.3, 0.4) is 0 Å². The predicted molar refractivity (Wildman–Crippen MR) is 95.0 cm³/mol. The van der Waals surface area contributed by atoms with Crippen LogP contribution in [0.2, 0.25) is 0 Å². The smallest absolute Gasteiger partial charge is 0.0411 e. The number of hydrogen-bond acceptors (Lipinski definition) is 3. The van der Waals surface area contributed by atoms with Gasteiger partial charge in [-0.15, -0.1) is 0 Å². The number of nitrogens with zero attached hydrogens (tertiary/aromatic N) is 2. The Kier molecular flexibility index (Phi) is 6.08. The van der Waals surface area contributed by atoms with Crippen LogP contribution in [0, 0.1) is 0 Å². The maximum Gasteiger partial charge on any atom is 0.0411 e. The average molecular weight is 354 g/mol. The molecule has 4 heteroatoms. The molecule has 1 aliphatic rings. The highest BCUT2D eigenvalue weighted by Gasteiger charge is 2.23. The number of rotatable bonds is 5. The molecule has 0 bridgehead atoms. The molecule has 1 aromatic rings. The Bertz CT molecular complexity index is 461. The summed E-state index contributed by atoms with van der Waals surface area (Å²) < 4.78 is 1.15. The van der Waals surface area contributed by atoms with Gasteiger partial charge in [-0.25, -0.2) is 0 Å². The Balaban J connectivity index is 2.22. The van der Waals surface area contributed by atoms with E-state index in [-0.39, 0.29) is 6.04 Å². The lowest BCUT2D eigenvalue weighted by molar-refractivity contribution is 0.258. The second kappa shape index (κ2) is 7.61. The Labute approximate surface area is 137 Å². The summed E-state index contributed by atoms with van der Waals surface area (Å²) in [6.07, 6.45) is 4.54. The molecule has 1 aliphatic heterocycles. The maximum atomic E-state index is 6.18. The van der Waals surface area contributed by atoms with E-state index < -0.39 is 0 Å². The summed E-state index contributed by atoms with van der Waals surface area (Å²) in [5, 5.41) is 0. The summed E-state index contributed by atoms with van der Waals surface area (Å²) in [6, 6.07) is 7.52. The molecule has 0 radical (unpaired) electrons. The van der Waals surface area contributed by atoms with E-state index in [1.165, 1.54) is 24.1 Å². The Morgan fingerprint density at radius 2 is 2.19 bits per heavy atom. The second-order valence-corrected chi connectivity index (χ2v) is 7.27. The fraction of sp³-hybridized carbons (Fsp3) is 0.647. The van der Waals surface area contributed by atoms with E-state index in [0.717, 1.165) is 30.4 Å². The van der Waals surface area contributed by atoms with Crippen molar-refractivity contribution in [3.63, 3.8) is 0 Å². The first-order chi connectivity index (χ1) is 10.0. The summed E-state index contributed by atoms with van der Waals surface area (Å²) in [5.41, 5.74) is 8.92. The highest BCUT2D eigenvalue weighted by molar-refractivity contribution is 9.10. The van der Waals surface area contributed by atoms with E-state index in [4.69, 9.17) is 5.73 Å². The third-order valence-corrected chi connectivity index (χ3v) is 5.01. The second-order valence-electron chi connectivity index (χ2n) is 6.35. The zero-order valence-corrected chi connectivity index (χ0v) is 15.1. The summed E-state index contributed by atoms with van der Waals surface area (Å²) in [6.45, 7) is 4.42. The minimum atomic E-state index is 0.249. The molecule has 2 rings (SSSR count). The molecule has 0 saturated carbocycles. The number of benzene rings is 1. The maximum absolute atomic E-state index is 6.18. The molecule has 2 unspecified atom stereocenters. The van der Waals surface area contributed by atoms with Gasteiger partial charge < -0.3 is 15.5 Å². The molecule has 1 aromatic carbocycles. The lowest BCUT2D eigenvalue weighted by atomic mass is 9.99. The van der Waals surface area contributed by atoms with Gasteiger partial charge >= 0.3 is 0 Å². The van der Waals surface area contributed by atoms with Crippen LogP contribution in [0.1, 0.15) is 31.7 Å². The molecule has 1 fully saturated rings. The Hall–Kier alpha value is -0.580. The number of hydrogen-bond donors (Lipinski definition) is 1. The van der Waals surface area contributed by atoms with Gasteiger partial charge in [0.25, 0.3) is 0 Å². The molecule has 1 saturated heterocycles. The van der Waals surface area contributed by atoms with Crippen LogP contribution in [-0.4, -0.2) is 44.2 Å². The van der Waals surface area contributed by atoms with Crippen molar-refractivity contribution in [1.29, 1.82) is 0 Å². The molecular formula is C17H28BrN3. The number of halogens is 1. The predicted octanol–water partition coefficient (Wildman–Crippen LogP) is 3.26. The monoisotopic (exact) mass is 353 g/mol. The van der Waals surface area contributed by atoms with Crippen LogP contribution in [0.15, 0.2) is 22.7 Å². The zero-order chi connectivity index (χ0) is 15.4. The fourth-order valence-electron chi connectivity index (χ4n) is 3.03. The molecule has 2 atom stereocenters. The number of anilines is 1. The van der Waals surface area contributed by atoms with Crippen LogP contribution in [0.25, 0.3) is 0 Å².